The molecule has 1 heterocycles. The largest absolute Gasteiger partial charge is 0.486 e. The molecule has 2 aromatic rings. The highest BCUT2D eigenvalue weighted by atomic mass is 16.6. The average molecular weight is 354 g/mol. The Balaban J connectivity index is 1.58. The van der Waals surface area contributed by atoms with Crippen LogP contribution in [0, 0.1) is 0 Å². The molecule has 0 fully saturated rings. The summed E-state index contributed by atoms with van der Waals surface area (Å²) in [4.78, 5) is 14.6. The van der Waals surface area contributed by atoms with E-state index in [1.165, 1.54) is 0 Å². The minimum Gasteiger partial charge on any atom is -0.486 e. The highest BCUT2D eigenvalue weighted by molar-refractivity contribution is 5.81. The van der Waals surface area contributed by atoms with Crippen molar-refractivity contribution in [3.8, 4) is 11.5 Å². The van der Waals surface area contributed by atoms with Gasteiger partial charge in [-0.15, -0.1) is 0 Å². The molecule has 2 aromatic carbocycles. The molecule has 0 saturated carbocycles. The second kappa shape index (κ2) is 8.23. The predicted octanol–water partition coefficient (Wildman–Crippen LogP) is 3.16. The van der Waals surface area contributed by atoms with Crippen LogP contribution in [0.2, 0.25) is 0 Å². The monoisotopic (exact) mass is 354 g/mol. The maximum absolute atomic E-state index is 12.6. The molecule has 26 heavy (non-hydrogen) atoms. The van der Waals surface area contributed by atoms with Crippen LogP contribution in [-0.2, 0) is 11.3 Å². The van der Waals surface area contributed by atoms with Gasteiger partial charge >= 0.3 is 0 Å². The number of likely N-dealkylation sites (N-methyl/N-ethyl adjacent to an activating group) is 1. The van der Waals surface area contributed by atoms with E-state index >= 15 is 0 Å². The van der Waals surface area contributed by atoms with Crippen molar-refractivity contribution in [1.29, 1.82) is 0 Å². The van der Waals surface area contributed by atoms with Crippen LogP contribution in [0.3, 0.4) is 0 Å². The standard InChI is InChI=1S/C21H26N2O3/c1-15(18-7-5-4-6-8-18)22-21(24)16(2)23(3)14-17-9-10-19-20(13-17)26-12-11-25-19/h4-10,13,15-16H,11-12,14H2,1-3H3,(H,22,24)/t15-,16+/m1/s1. The van der Waals surface area contributed by atoms with E-state index in [2.05, 4.69) is 5.32 Å². The second-order valence-electron chi connectivity index (χ2n) is 6.71. The SMILES string of the molecule is C[C@@H](NC(=O)[C@H](C)N(C)Cc1ccc2c(c1)OCCO2)c1ccccc1. The summed E-state index contributed by atoms with van der Waals surface area (Å²) in [6, 6.07) is 15.7. The summed E-state index contributed by atoms with van der Waals surface area (Å²) < 4.78 is 11.2. The number of nitrogens with one attached hydrogen (secondary N) is 1. The average Bonchev–Trinajstić information content (AvgIpc) is 2.67. The van der Waals surface area contributed by atoms with E-state index in [4.69, 9.17) is 9.47 Å². The topological polar surface area (TPSA) is 50.8 Å². The van der Waals surface area contributed by atoms with Gasteiger partial charge in [-0.25, -0.2) is 0 Å². The molecule has 3 rings (SSSR count). The van der Waals surface area contributed by atoms with Crippen LogP contribution >= 0.6 is 0 Å². The number of benzene rings is 2. The summed E-state index contributed by atoms with van der Waals surface area (Å²) in [6.07, 6.45) is 0. The Kier molecular flexibility index (Phi) is 5.78. The molecular formula is C21H26N2O3. The van der Waals surface area contributed by atoms with Crippen LogP contribution in [-0.4, -0.2) is 37.1 Å². The van der Waals surface area contributed by atoms with Crippen molar-refractivity contribution in [3.63, 3.8) is 0 Å². The highest BCUT2D eigenvalue weighted by Crippen LogP contribution is 2.31. The van der Waals surface area contributed by atoms with Crippen molar-refractivity contribution in [2.24, 2.45) is 0 Å². The van der Waals surface area contributed by atoms with Crippen molar-refractivity contribution in [2.75, 3.05) is 20.3 Å². The van der Waals surface area contributed by atoms with Crippen LogP contribution in [0.15, 0.2) is 48.5 Å². The van der Waals surface area contributed by atoms with Gasteiger partial charge in [-0.1, -0.05) is 36.4 Å². The first-order chi connectivity index (χ1) is 12.5. The molecule has 2 atom stereocenters. The van der Waals surface area contributed by atoms with E-state index < -0.39 is 0 Å². The molecule has 5 nitrogen and oxygen atoms in total. The number of carbonyl (C=O) groups is 1. The molecule has 0 saturated heterocycles. The van der Waals surface area contributed by atoms with Crippen LogP contribution in [0.25, 0.3) is 0 Å². The summed E-state index contributed by atoms with van der Waals surface area (Å²) in [7, 11) is 1.95. The Morgan fingerprint density at radius 3 is 2.50 bits per heavy atom. The molecule has 0 unspecified atom stereocenters. The first-order valence-corrected chi connectivity index (χ1v) is 8.98. The van der Waals surface area contributed by atoms with Crippen molar-refractivity contribution >= 4 is 5.91 Å². The molecule has 1 aliphatic rings. The van der Waals surface area contributed by atoms with E-state index in [1.807, 2.05) is 74.3 Å². The normalized spacial score (nSPS) is 15.4. The first kappa shape index (κ1) is 18.3. The number of nitrogens with zero attached hydrogens (tertiary/aromatic N) is 1. The number of rotatable bonds is 6. The molecule has 1 N–H and O–H groups in total. The summed E-state index contributed by atoms with van der Waals surface area (Å²) >= 11 is 0. The van der Waals surface area contributed by atoms with Crippen LogP contribution in [0.5, 0.6) is 11.5 Å². The number of amides is 1. The quantitative estimate of drug-likeness (QED) is 0.866. The third-order valence-corrected chi connectivity index (χ3v) is 4.74. The zero-order valence-electron chi connectivity index (χ0n) is 15.6. The number of hydrogen-bond acceptors (Lipinski definition) is 4. The molecule has 0 aromatic heterocycles. The third kappa shape index (κ3) is 4.35. The van der Waals surface area contributed by atoms with Gasteiger partial charge in [-0.05, 0) is 44.2 Å². The van der Waals surface area contributed by atoms with Crippen molar-refractivity contribution in [2.45, 2.75) is 32.5 Å². The van der Waals surface area contributed by atoms with Gasteiger partial charge < -0.3 is 14.8 Å². The Labute approximate surface area is 154 Å². The van der Waals surface area contributed by atoms with Gasteiger partial charge in [0.1, 0.15) is 13.2 Å². The van der Waals surface area contributed by atoms with Gasteiger partial charge in [-0.2, -0.15) is 0 Å². The molecule has 138 valence electrons. The fraction of sp³-hybridized carbons (Fsp3) is 0.381. The minimum atomic E-state index is -0.241. The second-order valence-corrected chi connectivity index (χ2v) is 6.71. The summed E-state index contributed by atoms with van der Waals surface area (Å²) in [5.74, 6) is 1.57. The highest BCUT2D eigenvalue weighted by Gasteiger charge is 2.21. The van der Waals surface area contributed by atoms with E-state index in [9.17, 15) is 4.79 Å². The molecule has 5 heteroatoms. The molecule has 0 spiro atoms. The Morgan fingerprint density at radius 1 is 1.08 bits per heavy atom. The first-order valence-electron chi connectivity index (χ1n) is 8.98. The number of fused-ring (bicyclic) bond motifs is 1. The molecule has 0 bridgehead atoms. The van der Waals surface area contributed by atoms with Crippen LogP contribution in [0.4, 0.5) is 0 Å². The van der Waals surface area contributed by atoms with Gasteiger partial charge in [0.05, 0.1) is 12.1 Å². The van der Waals surface area contributed by atoms with Gasteiger partial charge in [0, 0.05) is 6.54 Å². The lowest BCUT2D eigenvalue weighted by Gasteiger charge is -2.26. The fourth-order valence-electron chi connectivity index (χ4n) is 2.97. The van der Waals surface area contributed by atoms with E-state index in [1.54, 1.807) is 0 Å². The molecular weight excluding hydrogens is 328 g/mol. The zero-order chi connectivity index (χ0) is 18.5. The maximum Gasteiger partial charge on any atom is 0.237 e. The molecule has 1 aliphatic heterocycles. The summed E-state index contributed by atoms with van der Waals surface area (Å²) in [6.45, 7) is 5.74. The third-order valence-electron chi connectivity index (χ3n) is 4.74. The van der Waals surface area contributed by atoms with E-state index in [-0.39, 0.29) is 18.0 Å². The lowest BCUT2D eigenvalue weighted by atomic mass is 10.1. The number of ether oxygens (including phenoxy) is 2. The number of hydrogen-bond donors (Lipinski definition) is 1. The van der Waals surface area contributed by atoms with E-state index in [0.29, 0.717) is 19.8 Å². The fourth-order valence-corrected chi connectivity index (χ4v) is 2.97. The lowest BCUT2D eigenvalue weighted by molar-refractivity contribution is -0.126. The van der Waals surface area contributed by atoms with E-state index in [0.717, 1.165) is 22.6 Å². The Bertz CT molecular complexity index is 748. The van der Waals surface area contributed by atoms with Gasteiger partial charge in [0.2, 0.25) is 5.91 Å². The number of carbonyl (C=O) groups excluding carboxylic acids is 1. The van der Waals surface area contributed by atoms with Crippen LogP contribution < -0.4 is 14.8 Å². The molecule has 0 aliphatic carbocycles. The van der Waals surface area contributed by atoms with Crippen molar-refractivity contribution in [1.82, 2.24) is 10.2 Å². The Morgan fingerprint density at radius 2 is 1.77 bits per heavy atom. The van der Waals surface area contributed by atoms with Crippen molar-refractivity contribution < 1.29 is 14.3 Å². The van der Waals surface area contributed by atoms with Gasteiger partial charge in [0.15, 0.2) is 11.5 Å². The lowest BCUT2D eigenvalue weighted by Crippen LogP contribution is -2.43. The molecule has 0 radical (unpaired) electrons. The van der Waals surface area contributed by atoms with Crippen molar-refractivity contribution in [3.05, 3.63) is 59.7 Å². The summed E-state index contributed by atoms with van der Waals surface area (Å²) in [5, 5.41) is 3.09. The summed E-state index contributed by atoms with van der Waals surface area (Å²) in [5.41, 5.74) is 2.19. The van der Waals surface area contributed by atoms with Crippen LogP contribution in [0.1, 0.15) is 31.0 Å². The zero-order valence-corrected chi connectivity index (χ0v) is 15.6. The molecule has 1 amide bonds. The van der Waals surface area contributed by atoms with Gasteiger partial charge in [0.25, 0.3) is 0 Å². The van der Waals surface area contributed by atoms with Gasteiger partial charge in [-0.3, -0.25) is 9.69 Å². The minimum absolute atomic E-state index is 0.0152. The predicted molar refractivity (Wildman–Crippen MR) is 101 cm³/mol. The maximum atomic E-state index is 12.6. The smallest absolute Gasteiger partial charge is 0.237 e. The Hall–Kier alpha value is -2.53.